The van der Waals surface area contributed by atoms with E-state index < -0.39 is 30.7 Å². The van der Waals surface area contributed by atoms with E-state index in [0.717, 1.165) is 6.20 Å². The Balaban J connectivity index is 3.39. The lowest BCUT2D eigenvalue weighted by molar-refractivity contribution is -0.275. The minimum absolute atomic E-state index is 0.181. The van der Waals surface area contributed by atoms with Gasteiger partial charge in [-0.05, 0) is 12.5 Å². The first-order chi connectivity index (χ1) is 8.26. The van der Waals surface area contributed by atoms with Gasteiger partial charge in [0.25, 0.3) is 6.43 Å². The third-order valence-electron chi connectivity index (χ3n) is 2.06. The van der Waals surface area contributed by atoms with Crippen molar-refractivity contribution < 1.29 is 26.7 Å². The highest BCUT2D eigenvalue weighted by atomic mass is 19.4. The first kappa shape index (κ1) is 14.2. The summed E-state index contributed by atoms with van der Waals surface area (Å²) in [6.45, 7) is 1.36. The molecule has 8 heteroatoms. The van der Waals surface area contributed by atoms with Crippen molar-refractivity contribution in [3.8, 4) is 11.8 Å². The second-order valence-electron chi connectivity index (χ2n) is 3.32. The predicted octanol–water partition coefficient (Wildman–Crippen LogP) is 3.29. The minimum atomic E-state index is -5.12. The number of ether oxygens (including phenoxy) is 1. The van der Waals surface area contributed by atoms with Crippen molar-refractivity contribution in [2.24, 2.45) is 0 Å². The van der Waals surface area contributed by atoms with Crippen LogP contribution in [0, 0.1) is 18.3 Å². The van der Waals surface area contributed by atoms with Crippen LogP contribution in [0.2, 0.25) is 0 Å². The van der Waals surface area contributed by atoms with Gasteiger partial charge in [-0.25, -0.2) is 8.78 Å². The summed E-state index contributed by atoms with van der Waals surface area (Å²) in [7, 11) is 0. The second-order valence-corrected chi connectivity index (χ2v) is 3.32. The molecule has 0 saturated heterocycles. The molecule has 0 N–H and O–H groups in total. The van der Waals surface area contributed by atoms with Crippen molar-refractivity contribution in [1.82, 2.24) is 4.98 Å². The van der Waals surface area contributed by atoms with E-state index in [9.17, 15) is 22.0 Å². The number of halogens is 5. The van der Waals surface area contributed by atoms with Crippen LogP contribution >= 0.6 is 0 Å². The molecular formula is C10H7F5N2O. The highest BCUT2D eigenvalue weighted by Crippen LogP contribution is 2.35. The summed E-state index contributed by atoms with van der Waals surface area (Å²) >= 11 is 0. The fourth-order valence-electron chi connectivity index (χ4n) is 1.32. The highest BCUT2D eigenvalue weighted by Gasteiger charge is 2.35. The molecule has 0 atom stereocenters. The van der Waals surface area contributed by atoms with Crippen LogP contribution in [-0.4, -0.2) is 11.3 Å². The average Bonchev–Trinajstić information content (AvgIpc) is 2.21. The molecule has 0 aliphatic heterocycles. The molecule has 0 amide bonds. The Morgan fingerprint density at radius 3 is 2.50 bits per heavy atom. The Labute approximate surface area is 98.8 Å². The van der Waals surface area contributed by atoms with Crippen molar-refractivity contribution in [2.75, 3.05) is 0 Å². The van der Waals surface area contributed by atoms with E-state index in [1.54, 1.807) is 6.07 Å². The molecule has 0 aliphatic carbocycles. The number of alkyl halides is 5. The maximum absolute atomic E-state index is 12.6. The van der Waals surface area contributed by atoms with Crippen LogP contribution in [0.3, 0.4) is 0 Å². The van der Waals surface area contributed by atoms with Crippen LogP contribution in [0.25, 0.3) is 0 Å². The first-order valence-corrected chi connectivity index (χ1v) is 4.65. The third-order valence-corrected chi connectivity index (χ3v) is 2.06. The van der Waals surface area contributed by atoms with Crippen molar-refractivity contribution >= 4 is 0 Å². The zero-order valence-electron chi connectivity index (χ0n) is 9.05. The van der Waals surface area contributed by atoms with Crippen LogP contribution < -0.4 is 4.74 Å². The molecule has 1 heterocycles. The van der Waals surface area contributed by atoms with E-state index in [0.29, 0.717) is 0 Å². The van der Waals surface area contributed by atoms with Crippen LogP contribution in [0.15, 0.2) is 6.20 Å². The number of aryl methyl sites for hydroxylation is 1. The Morgan fingerprint density at radius 2 is 2.06 bits per heavy atom. The zero-order valence-corrected chi connectivity index (χ0v) is 9.05. The predicted molar refractivity (Wildman–Crippen MR) is 49.9 cm³/mol. The number of hydrogen-bond donors (Lipinski definition) is 0. The molecule has 0 fully saturated rings. The number of hydrogen-bond acceptors (Lipinski definition) is 3. The summed E-state index contributed by atoms with van der Waals surface area (Å²) in [5, 5.41) is 8.50. The molecule has 0 unspecified atom stereocenters. The Kier molecular flexibility index (Phi) is 4.06. The molecule has 0 radical (unpaired) electrons. The van der Waals surface area contributed by atoms with Gasteiger partial charge >= 0.3 is 6.36 Å². The third kappa shape index (κ3) is 3.29. The van der Waals surface area contributed by atoms with Gasteiger partial charge < -0.3 is 4.74 Å². The van der Waals surface area contributed by atoms with Gasteiger partial charge in [0, 0.05) is 11.8 Å². The monoisotopic (exact) mass is 266 g/mol. The summed E-state index contributed by atoms with van der Waals surface area (Å²) in [5.74, 6) is -1.08. The average molecular weight is 266 g/mol. The van der Waals surface area contributed by atoms with Crippen molar-refractivity contribution in [1.29, 1.82) is 5.26 Å². The Morgan fingerprint density at radius 1 is 1.44 bits per heavy atom. The quantitative estimate of drug-likeness (QED) is 0.788. The van der Waals surface area contributed by atoms with Crippen molar-refractivity contribution in [3.05, 3.63) is 23.0 Å². The molecule has 98 valence electrons. The lowest BCUT2D eigenvalue weighted by atomic mass is 10.1. The van der Waals surface area contributed by atoms with Crippen LogP contribution in [-0.2, 0) is 6.42 Å². The second kappa shape index (κ2) is 5.16. The van der Waals surface area contributed by atoms with Crippen molar-refractivity contribution in [2.45, 2.75) is 26.1 Å². The fraction of sp³-hybridized carbons (Fsp3) is 0.400. The van der Waals surface area contributed by atoms with Crippen LogP contribution in [0.4, 0.5) is 22.0 Å². The van der Waals surface area contributed by atoms with E-state index in [1.807, 2.05) is 0 Å². The van der Waals surface area contributed by atoms with Gasteiger partial charge in [0.15, 0.2) is 5.75 Å². The van der Waals surface area contributed by atoms with E-state index in [1.165, 1.54) is 6.92 Å². The molecule has 18 heavy (non-hydrogen) atoms. The molecule has 0 bridgehead atoms. The van der Waals surface area contributed by atoms with E-state index in [4.69, 9.17) is 5.26 Å². The SMILES string of the molecule is Cc1cnc(C(F)F)c(OC(F)(F)F)c1CC#N. The first-order valence-electron chi connectivity index (χ1n) is 4.65. The molecular weight excluding hydrogens is 259 g/mol. The van der Waals surface area contributed by atoms with Gasteiger partial charge in [0.05, 0.1) is 12.5 Å². The van der Waals surface area contributed by atoms with Gasteiger partial charge in [0.1, 0.15) is 5.69 Å². The summed E-state index contributed by atoms with van der Waals surface area (Å²) in [4.78, 5) is 3.22. The fourth-order valence-corrected chi connectivity index (χ4v) is 1.32. The maximum atomic E-state index is 12.6. The number of rotatable bonds is 3. The number of pyridine rings is 1. The standard InChI is InChI=1S/C10H7F5N2O/c1-5-4-17-7(9(11)12)8(6(5)2-3-16)18-10(13,14)15/h4,9H,2H2,1H3. The Bertz CT molecular complexity index is 478. The topological polar surface area (TPSA) is 45.9 Å². The molecule has 3 nitrogen and oxygen atoms in total. The van der Waals surface area contributed by atoms with Gasteiger partial charge in [-0.3, -0.25) is 4.98 Å². The van der Waals surface area contributed by atoms with E-state index in [-0.39, 0.29) is 11.1 Å². The maximum Gasteiger partial charge on any atom is 0.573 e. The largest absolute Gasteiger partial charge is 0.573 e. The van der Waals surface area contributed by atoms with Gasteiger partial charge in [-0.1, -0.05) is 0 Å². The molecule has 1 aromatic rings. The molecule has 0 aliphatic rings. The lowest BCUT2D eigenvalue weighted by Gasteiger charge is -2.16. The smallest absolute Gasteiger partial charge is 0.403 e. The molecule has 1 rings (SSSR count). The summed E-state index contributed by atoms with van der Waals surface area (Å²) in [5.41, 5.74) is -1.18. The van der Waals surface area contributed by atoms with Crippen molar-refractivity contribution in [3.63, 3.8) is 0 Å². The normalized spacial score (nSPS) is 11.4. The van der Waals surface area contributed by atoms with Crippen LogP contribution in [0.5, 0.6) is 5.75 Å². The van der Waals surface area contributed by atoms with Crippen LogP contribution in [0.1, 0.15) is 23.2 Å². The van der Waals surface area contributed by atoms with Gasteiger partial charge in [-0.15, -0.1) is 13.2 Å². The zero-order chi connectivity index (χ0) is 13.9. The lowest BCUT2D eigenvalue weighted by Crippen LogP contribution is -2.20. The summed E-state index contributed by atoms with van der Waals surface area (Å²) in [6, 6.07) is 1.60. The Hall–Kier alpha value is -1.91. The molecule has 0 spiro atoms. The van der Waals surface area contributed by atoms with Gasteiger partial charge in [-0.2, -0.15) is 5.26 Å². The highest BCUT2D eigenvalue weighted by molar-refractivity contribution is 5.44. The molecule has 0 aromatic carbocycles. The van der Waals surface area contributed by atoms with E-state index in [2.05, 4.69) is 9.72 Å². The summed E-state index contributed by atoms with van der Waals surface area (Å²) < 4.78 is 65.2. The molecule has 0 saturated carbocycles. The number of nitriles is 1. The van der Waals surface area contributed by atoms with E-state index >= 15 is 0 Å². The number of aromatic nitrogens is 1. The minimum Gasteiger partial charge on any atom is -0.403 e. The number of nitrogens with zero attached hydrogens (tertiary/aromatic N) is 2. The van der Waals surface area contributed by atoms with Gasteiger partial charge in [0.2, 0.25) is 0 Å². The molecule has 1 aromatic heterocycles. The summed E-state index contributed by atoms with van der Waals surface area (Å²) in [6.07, 6.45) is -7.83.